The van der Waals surface area contributed by atoms with Crippen molar-refractivity contribution in [1.82, 2.24) is 4.98 Å². The summed E-state index contributed by atoms with van der Waals surface area (Å²) in [4.78, 5) is 18.9. The molecule has 1 unspecified atom stereocenters. The van der Waals surface area contributed by atoms with Gasteiger partial charge in [0.05, 0.1) is 11.2 Å². The average Bonchev–Trinajstić information content (AvgIpc) is 2.89. The number of aliphatic hydroxyl groups is 1. The number of amides is 1. The van der Waals surface area contributed by atoms with Crippen LogP contribution in [0.5, 0.6) is 0 Å². The van der Waals surface area contributed by atoms with Crippen LogP contribution in [0.3, 0.4) is 0 Å². The smallest absolute Gasteiger partial charge is 0.259 e. The summed E-state index contributed by atoms with van der Waals surface area (Å²) in [6.45, 7) is 2.96. The Morgan fingerprint density at radius 1 is 1.35 bits per heavy atom. The normalized spacial score (nSPS) is 20.6. The molecule has 2 aromatic rings. The van der Waals surface area contributed by atoms with Crippen molar-refractivity contribution in [2.24, 2.45) is 0 Å². The van der Waals surface area contributed by atoms with Gasteiger partial charge < -0.3 is 15.3 Å². The molecule has 1 aliphatic rings. The summed E-state index contributed by atoms with van der Waals surface area (Å²) in [6.07, 6.45) is 2.33. The second-order valence-electron chi connectivity index (χ2n) is 6.00. The van der Waals surface area contributed by atoms with Crippen molar-refractivity contribution in [1.29, 1.82) is 0 Å². The largest absolute Gasteiger partial charge is 0.388 e. The molecule has 3 rings (SSSR count). The van der Waals surface area contributed by atoms with Crippen molar-refractivity contribution < 1.29 is 9.90 Å². The van der Waals surface area contributed by atoms with Crippen LogP contribution < -0.4 is 10.2 Å². The first kappa shape index (κ1) is 16.0. The van der Waals surface area contributed by atoms with E-state index >= 15 is 0 Å². The lowest BCUT2D eigenvalue weighted by molar-refractivity contribution is 0.0838. The number of hydrogen-bond acceptors (Lipinski definition) is 4. The summed E-state index contributed by atoms with van der Waals surface area (Å²) in [6, 6.07) is 10.9. The van der Waals surface area contributed by atoms with E-state index in [1.54, 1.807) is 25.3 Å². The van der Waals surface area contributed by atoms with E-state index < -0.39 is 5.60 Å². The lowest BCUT2D eigenvalue weighted by Gasteiger charge is -2.21. The molecule has 23 heavy (non-hydrogen) atoms. The van der Waals surface area contributed by atoms with E-state index in [0.29, 0.717) is 30.9 Å². The highest BCUT2D eigenvalue weighted by atomic mass is 79.9. The highest BCUT2D eigenvalue weighted by Crippen LogP contribution is 2.28. The van der Waals surface area contributed by atoms with Gasteiger partial charge in [-0.25, -0.2) is 4.98 Å². The number of rotatable bonds is 3. The van der Waals surface area contributed by atoms with E-state index in [2.05, 4.69) is 26.2 Å². The topological polar surface area (TPSA) is 65.5 Å². The molecule has 1 atom stereocenters. The highest BCUT2D eigenvalue weighted by molar-refractivity contribution is 9.10. The quantitative estimate of drug-likeness (QED) is 0.864. The molecule has 1 aromatic heterocycles. The van der Waals surface area contributed by atoms with Crippen LogP contribution in [0.1, 0.15) is 23.7 Å². The van der Waals surface area contributed by atoms with Crippen molar-refractivity contribution in [2.45, 2.75) is 18.9 Å². The number of nitrogens with zero attached hydrogens (tertiary/aromatic N) is 2. The first-order valence-electron chi connectivity index (χ1n) is 7.44. The van der Waals surface area contributed by atoms with Gasteiger partial charge in [0.1, 0.15) is 5.82 Å². The summed E-state index contributed by atoms with van der Waals surface area (Å²) in [5.74, 6) is 0.404. The third-order valence-electron chi connectivity index (χ3n) is 3.88. The van der Waals surface area contributed by atoms with Gasteiger partial charge in [0.15, 0.2) is 0 Å². The van der Waals surface area contributed by atoms with Gasteiger partial charge in [-0.2, -0.15) is 0 Å². The number of pyridine rings is 1. The fourth-order valence-electron chi connectivity index (χ4n) is 2.68. The van der Waals surface area contributed by atoms with Crippen LogP contribution in [0.15, 0.2) is 47.1 Å². The number of carbonyl (C=O) groups is 1. The first-order chi connectivity index (χ1) is 10.9. The zero-order valence-corrected chi connectivity index (χ0v) is 14.4. The molecule has 120 valence electrons. The minimum atomic E-state index is -0.739. The maximum atomic E-state index is 12.6. The number of benzene rings is 1. The summed E-state index contributed by atoms with van der Waals surface area (Å²) < 4.78 is 0.955. The lowest BCUT2D eigenvalue weighted by Crippen LogP contribution is -2.31. The monoisotopic (exact) mass is 375 g/mol. The van der Waals surface area contributed by atoms with E-state index in [4.69, 9.17) is 0 Å². The minimum absolute atomic E-state index is 0.207. The summed E-state index contributed by atoms with van der Waals surface area (Å²) in [5.41, 5.74) is 0.492. The molecule has 6 heteroatoms. The molecular weight excluding hydrogens is 358 g/mol. The molecule has 5 nitrogen and oxygen atoms in total. The highest BCUT2D eigenvalue weighted by Gasteiger charge is 2.33. The van der Waals surface area contributed by atoms with Gasteiger partial charge >= 0.3 is 0 Å². The number of aromatic nitrogens is 1. The first-order valence-corrected chi connectivity index (χ1v) is 8.23. The Balaban J connectivity index is 1.82. The fraction of sp³-hybridized carbons (Fsp3) is 0.294. The molecule has 0 spiro atoms. The molecule has 1 saturated heterocycles. The second-order valence-corrected chi connectivity index (χ2v) is 6.92. The van der Waals surface area contributed by atoms with Crippen molar-refractivity contribution in [3.63, 3.8) is 0 Å². The van der Waals surface area contributed by atoms with E-state index in [1.807, 2.05) is 29.2 Å². The number of carbonyl (C=O) groups excluding carboxylic acids is 1. The predicted octanol–water partition coefficient (Wildman–Crippen LogP) is 3.06. The lowest BCUT2D eigenvalue weighted by atomic mass is 10.1. The van der Waals surface area contributed by atoms with Gasteiger partial charge in [0, 0.05) is 29.4 Å². The van der Waals surface area contributed by atoms with Crippen LogP contribution in [0.4, 0.5) is 11.5 Å². The number of halogens is 1. The van der Waals surface area contributed by atoms with Crippen LogP contribution in [-0.4, -0.2) is 34.7 Å². The molecule has 0 radical (unpaired) electrons. The third-order valence-corrected chi connectivity index (χ3v) is 4.41. The fourth-order valence-corrected chi connectivity index (χ4v) is 2.95. The van der Waals surface area contributed by atoms with Crippen molar-refractivity contribution in [3.8, 4) is 0 Å². The van der Waals surface area contributed by atoms with Crippen LogP contribution >= 0.6 is 15.9 Å². The zero-order valence-electron chi connectivity index (χ0n) is 12.8. The molecule has 2 N–H and O–H groups in total. The third kappa shape index (κ3) is 3.71. The Hall–Kier alpha value is -1.92. The van der Waals surface area contributed by atoms with Gasteiger partial charge in [0.2, 0.25) is 0 Å². The molecule has 2 heterocycles. The maximum absolute atomic E-state index is 12.6. The van der Waals surface area contributed by atoms with E-state index in [1.165, 1.54) is 0 Å². The van der Waals surface area contributed by atoms with Crippen LogP contribution in [0, 0.1) is 0 Å². The second kappa shape index (κ2) is 6.29. The van der Waals surface area contributed by atoms with Crippen molar-refractivity contribution in [3.05, 3.63) is 52.6 Å². The summed E-state index contributed by atoms with van der Waals surface area (Å²) in [7, 11) is 0. The number of β-amino-alcohol motifs (C(OH)–C–C–N with tert-alkyl or cyclic N) is 1. The van der Waals surface area contributed by atoms with E-state index in [0.717, 1.165) is 10.2 Å². The Labute approximate surface area is 143 Å². The van der Waals surface area contributed by atoms with Gasteiger partial charge in [-0.15, -0.1) is 0 Å². The molecule has 0 aliphatic carbocycles. The number of anilines is 2. The molecule has 0 saturated carbocycles. The van der Waals surface area contributed by atoms with Crippen LogP contribution in [0.25, 0.3) is 0 Å². The molecule has 1 fully saturated rings. The average molecular weight is 376 g/mol. The van der Waals surface area contributed by atoms with Crippen LogP contribution in [0.2, 0.25) is 0 Å². The van der Waals surface area contributed by atoms with Crippen LogP contribution in [-0.2, 0) is 0 Å². The van der Waals surface area contributed by atoms with Crippen molar-refractivity contribution >= 4 is 33.3 Å². The van der Waals surface area contributed by atoms with Gasteiger partial charge in [-0.05, 0) is 49.7 Å². The van der Waals surface area contributed by atoms with Gasteiger partial charge in [0.25, 0.3) is 5.91 Å². The Bertz CT molecular complexity index is 716. The van der Waals surface area contributed by atoms with E-state index in [-0.39, 0.29) is 5.91 Å². The summed E-state index contributed by atoms with van der Waals surface area (Å²) in [5, 5.41) is 13.0. The Morgan fingerprint density at radius 2 is 2.09 bits per heavy atom. The molecule has 1 aromatic carbocycles. The van der Waals surface area contributed by atoms with Gasteiger partial charge in [-0.3, -0.25) is 4.79 Å². The molecule has 1 aliphatic heterocycles. The number of hydrogen-bond donors (Lipinski definition) is 2. The minimum Gasteiger partial charge on any atom is -0.388 e. The Morgan fingerprint density at radius 3 is 2.74 bits per heavy atom. The van der Waals surface area contributed by atoms with Gasteiger partial charge in [-0.1, -0.05) is 15.9 Å². The molecular formula is C17H18BrN3O2. The van der Waals surface area contributed by atoms with E-state index in [9.17, 15) is 9.90 Å². The summed E-state index contributed by atoms with van der Waals surface area (Å²) >= 11 is 3.37. The molecule has 1 amide bonds. The predicted molar refractivity (Wildman–Crippen MR) is 93.8 cm³/mol. The number of nitrogens with one attached hydrogen (secondary N) is 1. The maximum Gasteiger partial charge on any atom is 0.259 e. The standard InChI is InChI=1S/C17H18BrN3O2/c1-17(23)8-10-21(11-17)15-14(3-2-9-19-15)16(22)20-13-6-4-12(18)5-7-13/h2-7,9,23H,8,10-11H2,1H3,(H,20,22). The SMILES string of the molecule is CC1(O)CCN(c2ncccc2C(=O)Nc2ccc(Br)cc2)C1. The zero-order chi connectivity index (χ0) is 16.4. The van der Waals surface area contributed by atoms with Crippen molar-refractivity contribution in [2.75, 3.05) is 23.3 Å². The Kier molecular flexibility index (Phi) is 4.37. The molecule has 0 bridgehead atoms.